The van der Waals surface area contributed by atoms with Crippen LogP contribution in [-0.2, 0) is 0 Å². The molecular weight excluding hydrogens is 404 g/mol. The average molecular weight is 429 g/mol. The third kappa shape index (κ3) is 3.59. The zero-order valence-electron chi connectivity index (χ0n) is 19.2. The lowest BCUT2D eigenvalue weighted by Crippen LogP contribution is -2.20. The van der Waals surface area contributed by atoms with Crippen molar-refractivity contribution in [3.63, 3.8) is 0 Å². The summed E-state index contributed by atoms with van der Waals surface area (Å²) in [5.41, 5.74) is 5.73. The molecule has 0 N–H and O–H groups in total. The normalized spacial score (nSPS) is 14.4. The Labute approximate surface area is 194 Å². The Bertz CT molecular complexity index is 1410. The number of ketones is 1. The number of carbonyl (C=O) groups excluding carboxylic acids is 1. The Hall–Kier alpha value is -4.21. The van der Waals surface area contributed by atoms with Crippen LogP contribution < -0.4 is 0 Å². The van der Waals surface area contributed by atoms with Gasteiger partial charge >= 0.3 is 0 Å². The van der Waals surface area contributed by atoms with Gasteiger partial charge in [0, 0.05) is 16.7 Å². The Morgan fingerprint density at radius 2 is 1.39 bits per heavy atom. The van der Waals surface area contributed by atoms with Gasteiger partial charge in [-0.25, -0.2) is 0 Å². The van der Waals surface area contributed by atoms with E-state index in [9.17, 15) is 15.3 Å². The van der Waals surface area contributed by atoms with Gasteiger partial charge in [0.1, 0.15) is 0 Å². The van der Waals surface area contributed by atoms with Crippen molar-refractivity contribution in [3.05, 3.63) is 117 Å². The van der Waals surface area contributed by atoms with E-state index >= 15 is 0 Å². The lowest BCUT2D eigenvalue weighted by atomic mass is 9.73. The molecule has 0 aliphatic heterocycles. The molecule has 0 aromatic heterocycles. The minimum atomic E-state index is -1.59. The molecule has 4 rings (SSSR count). The van der Waals surface area contributed by atoms with Crippen LogP contribution in [0.1, 0.15) is 43.7 Å². The van der Waals surface area contributed by atoms with Crippen molar-refractivity contribution < 1.29 is 4.79 Å². The lowest BCUT2D eigenvalue weighted by Gasteiger charge is -2.23. The molecule has 0 spiro atoms. The first-order chi connectivity index (χ1) is 15.8. The van der Waals surface area contributed by atoms with Crippen molar-refractivity contribution in [1.29, 1.82) is 10.5 Å². The maximum absolute atomic E-state index is 13.9. The monoisotopic (exact) mass is 428 g/mol. The number of rotatable bonds is 4. The lowest BCUT2D eigenvalue weighted by molar-refractivity contribution is 0.103. The van der Waals surface area contributed by atoms with E-state index in [-0.39, 0.29) is 5.78 Å². The standard InChI is InChI=1S/C30H24N2O/c1-19-10-12-21(3)24(14-19)27-16-26(29(33)25-15-20(2)11-13-22(25)4)28(30(27,17-31)18-32)23-8-6-5-7-9-23/h5-16H,1-4H3. The van der Waals surface area contributed by atoms with E-state index in [4.69, 9.17) is 0 Å². The highest BCUT2D eigenvalue weighted by Gasteiger charge is 2.47. The van der Waals surface area contributed by atoms with E-state index in [0.717, 1.165) is 27.8 Å². The first kappa shape index (κ1) is 22.0. The van der Waals surface area contributed by atoms with E-state index in [2.05, 4.69) is 12.1 Å². The van der Waals surface area contributed by atoms with Crippen LogP contribution in [0.2, 0.25) is 0 Å². The average Bonchev–Trinajstić information content (AvgIpc) is 3.17. The first-order valence-electron chi connectivity index (χ1n) is 10.9. The Morgan fingerprint density at radius 3 is 2.03 bits per heavy atom. The van der Waals surface area contributed by atoms with Gasteiger partial charge in [0.2, 0.25) is 0 Å². The second-order valence-corrected chi connectivity index (χ2v) is 8.65. The number of carbonyl (C=O) groups is 1. The second kappa shape index (κ2) is 8.38. The molecule has 3 aromatic carbocycles. The highest BCUT2D eigenvalue weighted by molar-refractivity contribution is 6.21. The summed E-state index contributed by atoms with van der Waals surface area (Å²) in [6.45, 7) is 7.79. The number of allylic oxidation sites excluding steroid dienone is 4. The second-order valence-electron chi connectivity index (χ2n) is 8.65. The molecule has 0 bridgehead atoms. The van der Waals surface area contributed by atoms with Gasteiger partial charge in [-0.3, -0.25) is 4.79 Å². The molecule has 0 amide bonds. The molecule has 3 nitrogen and oxygen atoms in total. The van der Waals surface area contributed by atoms with E-state index in [1.807, 2.05) is 94.4 Å². The number of benzene rings is 3. The first-order valence-corrected chi connectivity index (χ1v) is 10.9. The van der Waals surface area contributed by atoms with Gasteiger partial charge in [0.15, 0.2) is 11.2 Å². The molecule has 33 heavy (non-hydrogen) atoms. The van der Waals surface area contributed by atoms with E-state index in [1.54, 1.807) is 6.08 Å². The van der Waals surface area contributed by atoms with Crippen LogP contribution in [0.4, 0.5) is 0 Å². The van der Waals surface area contributed by atoms with E-state index in [0.29, 0.717) is 27.8 Å². The van der Waals surface area contributed by atoms with Crippen molar-refractivity contribution in [2.45, 2.75) is 27.7 Å². The topological polar surface area (TPSA) is 64.7 Å². The fourth-order valence-electron chi connectivity index (χ4n) is 4.51. The Morgan fingerprint density at radius 1 is 0.788 bits per heavy atom. The van der Waals surface area contributed by atoms with E-state index < -0.39 is 5.41 Å². The van der Waals surface area contributed by atoms with Crippen molar-refractivity contribution in [2.75, 3.05) is 0 Å². The number of hydrogen-bond donors (Lipinski definition) is 0. The molecule has 0 radical (unpaired) electrons. The van der Waals surface area contributed by atoms with Gasteiger partial charge in [0.25, 0.3) is 0 Å². The summed E-state index contributed by atoms with van der Waals surface area (Å²) < 4.78 is 0. The van der Waals surface area contributed by atoms with Gasteiger partial charge < -0.3 is 0 Å². The van der Waals surface area contributed by atoms with Gasteiger partial charge in [-0.15, -0.1) is 0 Å². The van der Waals surface area contributed by atoms with Gasteiger partial charge in [-0.05, 0) is 67.7 Å². The number of aryl methyl sites for hydroxylation is 4. The molecule has 1 aliphatic carbocycles. The largest absolute Gasteiger partial charge is 0.289 e. The molecule has 3 heteroatoms. The van der Waals surface area contributed by atoms with E-state index in [1.165, 1.54) is 0 Å². The molecule has 0 fully saturated rings. The van der Waals surface area contributed by atoms with Gasteiger partial charge in [-0.1, -0.05) is 71.8 Å². The zero-order valence-corrected chi connectivity index (χ0v) is 19.2. The SMILES string of the molecule is Cc1ccc(C)c(C(=O)C2=C(c3ccccc3)C(C#N)(C#N)C(c3cc(C)ccc3C)=C2)c1. The van der Waals surface area contributed by atoms with Gasteiger partial charge in [0.05, 0.1) is 12.1 Å². The maximum Gasteiger partial charge on any atom is 0.195 e. The summed E-state index contributed by atoms with van der Waals surface area (Å²) in [5.74, 6) is -0.176. The van der Waals surface area contributed by atoms with Crippen LogP contribution >= 0.6 is 0 Å². The molecule has 0 saturated carbocycles. The summed E-state index contributed by atoms with van der Waals surface area (Å²) in [6.07, 6.45) is 1.76. The predicted molar refractivity (Wildman–Crippen MR) is 131 cm³/mol. The molecule has 0 saturated heterocycles. The number of nitriles is 2. The van der Waals surface area contributed by atoms with Crippen LogP contribution in [0.25, 0.3) is 11.1 Å². The highest BCUT2D eigenvalue weighted by atomic mass is 16.1. The fraction of sp³-hybridized carbons (Fsp3) is 0.167. The summed E-state index contributed by atoms with van der Waals surface area (Å²) in [7, 11) is 0. The third-order valence-electron chi connectivity index (χ3n) is 6.30. The van der Waals surface area contributed by atoms with Crippen LogP contribution in [-0.4, -0.2) is 5.78 Å². The molecule has 1 aliphatic rings. The Balaban J connectivity index is 2.07. The highest BCUT2D eigenvalue weighted by Crippen LogP contribution is 2.53. The number of nitrogens with zero attached hydrogens (tertiary/aromatic N) is 2. The summed E-state index contributed by atoms with van der Waals surface area (Å²) in [6, 6.07) is 25.6. The molecular formula is C30H24N2O. The smallest absolute Gasteiger partial charge is 0.195 e. The maximum atomic E-state index is 13.9. The van der Waals surface area contributed by atoms with Crippen LogP contribution in [0.15, 0.2) is 78.4 Å². The van der Waals surface area contributed by atoms with Crippen molar-refractivity contribution >= 4 is 16.9 Å². The predicted octanol–water partition coefficient (Wildman–Crippen LogP) is 6.69. The minimum absolute atomic E-state index is 0.176. The molecule has 0 unspecified atom stereocenters. The molecule has 160 valence electrons. The summed E-state index contributed by atoms with van der Waals surface area (Å²) in [4.78, 5) is 13.9. The van der Waals surface area contributed by atoms with Crippen LogP contribution in [0.3, 0.4) is 0 Å². The number of hydrogen-bond acceptors (Lipinski definition) is 3. The number of Topliss-reactive ketones (excluding diaryl/α,β-unsaturated/α-hetero) is 1. The van der Waals surface area contributed by atoms with Crippen molar-refractivity contribution in [1.82, 2.24) is 0 Å². The van der Waals surface area contributed by atoms with Crippen LogP contribution in [0.5, 0.6) is 0 Å². The third-order valence-corrected chi connectivity index (χ3v) is 6.30. The minimum Gasteiger partial charge on any atom is -0.289 e. The molecule has 0 heterocycles. The van der Waals surface area contributed by atoms with Crippen molar-refractivity contribution in [2.24, 2.45) is 5.41 Å². The van der Waals surface area contributed by atoms with Crippen LogP contribution in [0, 0.1) is 55.8 Å². The zero-order chi connectivity index (χ0) is 23.8. The van der Waals surface area contributed by atoms with Crippen molar-refractivity contribution in [3.8, 4) is 12.1 Å². The molecule has 3 aromatic rings. The summed E-state index contributed by atoms with van der Waals surface area (Å²) in [5, 5.41) is 20.9. The Kier molecular flexibility index (Phi) is 5.59. The quantitative estimate of drug-likeness (QED) is 0.435. The molecule has 0 atom stereocenters. The van der Waals surface area contributed by atoms with Gasteiger partial charge in [-0.2, -0.15) is 10.5 Å². The summed E-state index contributed by atoms with van der Waals surface area (Å²) >= 11 is 0. The fourth-order valence-corrected chi connectivity index (χ4v) is 4.51.